The number of nitrogen functional groups attached to an aromatic ring is 1. The Balaban J connectivity index is 3.30. The van der Waals surface area contributed by atoms with Gasteiger partial charge in [-0.05, 0) is 6.07 Å². The van der Waals surface area contributed by atoms with Crippen molar-refractivity contribution < 1.29 is 40.6 Å². The molecule has 0 bridgehead atoms. The smallest absolute Gasteiger partial charge is 0.461 e. The molecule has 0 saturated carbocycles. The number of phenols is 1. The number of halogens is 7. The third-order valence-corrected chi connectivity index (χ3v) is 1.93. The van der Waals surface area contributed by atoms with E-state index in [1.54, 1.807) is 0 Å². The summed E-state index contributed by atoms with van der Waals surface area (Å²) >= 11 is 0. The van der Waals surface area contributed by atoms with E-state index in [9.17, 15) is 30.7 Å². The second kappa shape index (κ2) is 4.67. The summed E-state index contributed by atoms with van der Waals surface area (Å²) in [6.07, 6.45) is -14.6. The highest BCUT2D eigenvalue weighted by molar-refractivity contribution is 5.59. The van der Waals surface area contributed by atoms with Gasteiger partial charge in [0.2, 0.25) is 0 Å². The highest BCUT2D eigenvalue weighted by atomic mass is 19.4. The summed E-state index contributed by atoms with van der Waals surface area (Å²) in [7, 11) is 0. The topological polar surface area (TPSA) is 55.5 Å². The lowest BCUT2D eigenvalue weighted by molar-refractivity contribution is -0.255. The minimum atomic E-state index is -5.20. The number of ether oxygens (including phenoxy) is 1. The molecule has 0 aromatic heterocycles. The third kappa shape index (κ3) is 3.32. The molecule has 1 aromatic rings. The largest absolute Gasteiger partial charge is 0.506 e. The van der Waals surface area contributed by atoms with Gasteiger partial charge in [-0.15, -0.1) is 0 Å². The molecule has 0 saturated heterocycles. The SMILES string of the molecule is Nc1cc(OC(F)(F)C(F)F)c(C(F)(F)F)cc1O. The van der Waals surface area contributed by atoms with Crippen LogP contribution >= 0.6 is 0 Å². The van der Waals surface area contributed by atoms with Crippen molar-refractivity contribution in [1.29, 1.82) is 0 Å². The van der Waals surface area contributed by atoms with E-state index in [1.165, 1.54) is 0 Å². The van der Waals surface area contributed by atoms with Gasteiger partial charge in [-0.2, -0.15) is 30.7 Å². The maximum atomic E-state index is 12.6. The van der Waals surface area contributed by atoms with Gasteiger partial charge in [0.1, 0.15) is 17.1 Å². The zero-order chi connectivity index (χ0) is 15.0. The van der Waals surface area contributed by atoms with Crippen LogP contribution in [0.5, 0.6) is 11.5 Å². The van der Waals surface area contributed by atoms with Gasteiger partial charge in [-0.1, -0.05) is 0 Å². The van der Waals surface area contributed by atoms with Crippen molar-refractivity contribution in [2.45, 2.75) is 18.7 Å². The first-order valence-corrected chi connectivity index (χ1v) is 4.50. The quantitative estimate of drug-likeness (QED) is 0.511. The van der Waals surface area contributed by atoms with Crippen LogP contribution in [0.4, 0.5) is 36.4 Å². The first kappa shape index (κ1) is 15.2. The molecular formula is C9H6F7NO2. The predicted octanol–water partition coefficient (Wildman–Crippen LogP) is 3.23. The van der Waals surface area contributed by atoms with Gasteiger partial charge in [-0.3, -0.25) is 0 Å². The molecule has 0 heterocycles. The van der Waals surface area contributed by atoms with Crippen LogP contribution in [-0.4, -0.2) is 17.6 Å². The maximum absolute atomic E-state index is 12.6. The lowest BCUT2D eigenvalue weighted by atomic mass is 10.1. The number of aromatic hydroxyl groups is 1. The van der Waals surface area contributed by atoms with E-state index >= 15 is 0 Å². The van der Waals surface area contributed by atoms with Gasteiger partial charge < -0.3 is 15.6 Å². The highest BCUT2D eigenvalue weighted by Crippen LogP contribution is 2.42. The van der Waals surface area contributed by atoms with Crippen molar-refractivity contribution >= 4 is 5.69 Å². The molecule has 0 fully saturated rings. The van der Waals surface area contributed by atoms with Crippen LogP contribution in [0, 0.1) is 0 Å². The fourth-order valence-corrected chi connectivity index (χ4v) is 1.08. The lowest BCUT2D eigenvalue weighted by Crippen LogP contribution is -2.34. The number of phenolic OH excluding ortho intramolecular Hbond substituents is 1. The van der Waals surface area contributed by atoms with Crippen molar-refractivity contribution in [1.82, 2.24) is 0 Å². The zero-order valence-electron chi connectivity index (χ0n) is 8.81. The van der Waals surface area contributed by atoms with Crippen molar-refractivity contribution in [3.05, 3.63) is 17.7 Å². The molecule has 3 nitrogen and oxygen atoms in total. The Labute approximate surface area is 101 Å². The molecule has 1 rings (SSSR count). The number of nitrogens with two attached hydrogens (primary N) is 1. The number of alkyl halides is 7. The summed E-state index contributed by atoms with van der Waals surface area (Å²) in [4.78, 5) is 0. The first-order chi connectivity index (χ1) is 8.45. The van der Waals surface area contributed by atoms with Crippen LogP contribution in [0.3, 0.4) is 0 Å². The summed E-state index contributed by atoms with van der Waals surface area (Å²) in [5.41, 5.74) is 2.42. The predicted molar refractivity (Wildman–Crippen MR) is 49.1 cm³/mol. The molecule has 0 unspecified atom stereocenters. The normalized spacial score (nSPS) is 12.8. The minimum absolute atomic E-state index is 0.00617. The zero-order valence-corrected chi connectivity index (χ0v) is 8.81. The molecule has 0 aliphatic carbocycles. The van der Waals surface area contributed by atoms with Crippen LogP contribution in [0.25, 0.3) is 0 Å². The van der Waals surface area contributed by atoms with Gasteiger partial charge in [0, 0.05) is 6.07 Å². The Bertz CT molecular complexity index is 472. The number of anilines is 1. The summed E-state index contributed by atoms with van der Waals surface area (Å²) in [6.45, 7) is 0. The standard InChI is InChI=1S/C9H6F7NO2/c10-7(11)9(15,16)19-6-2-4(17)5(18)1-3(6)8(12,13)14/h1-2,7,18H,17H2. The summed E-state index contributed by atoms with van der Waals surface area (Å²) < 4.78 is 89.7. The monoisotopic (exact) mass is 293 g/mol. The maximum Gasteiger partial charge on any atom is 0.461 e. The van der Waals surface area contributed by atoms with Crippen molar-refractivity contribution in [3.8, 4) is 11.5 Å². The van der Waals surface area contributed by atoms with Gasteiger partial charge in [0.25, 0.3) is 0 Å². The molecule has 0 aliphatic rings. The Morgan fingerprint density at radius 2 is 1.63 bits per heavy atom. The Morgan fingerprint density at radius 1 is 1.11 bits per heavy atom. The van der Waals surface area contributed by atoms with Crippen molar-refractivity contribution in [3.63, 3.8) is 0 Å². The molecule has 1 aromatic carbocycles. The van der Waals surface area contributed by atoms with Crippen LogP contribution in [0.1, 0.15) is 5.56 Å². The van der Waals surface area contributed by atoms with Crippen LogP contribution in [0.2, 0.25) is 0 Å². The van der Waals surface area contributed by atoms with E-state index in [4.69, 9.17) is 10.8 Å². The molecule has 3 N–H and O–H groups in total. The van der Waals surface area contributed by atoms with Crippen molar-refractivity contribution in [2.24, 2.45) is 0 Å². The van der Waals surface area contributed by atoms with E-state index in [-0.39, 0.29) is 12.1 Å². The second-order valence-electron chi connectivity index (χ2n) is 3.37. The Morgan fingerprint density at radius 3 is 2.05 bits per heavy atom. The minimum Gasteiger partial charge on any atom is -0.506 e. The second-order valence-corrected chi connectivity index (χ2v) is 3.37. The van der Waals surface area contributed by atoms with E-state index in [2.05, 4.69) is 4.74 Å². The average molecular weight is 293 g/mol. The van der Waals surface area contributed by atoms with E-state index in [1.807, 2.05) is 0 Å². The van der Waals surface area contributed by atoms with E-state index in [0.717, 1.165) is 0 Å². The molecule has 10 heteroatoms. The number of benzene rings is 1. The first-order valence-electron chi connectivity index (χ1n) is 4.50. The average Bonchev–Trinajstić information content (AvgIpc) is 2.20. The number of hydrogen-bond acceptors (Lipinski definition) is 3. The van der Waals surface area contributed by atoms with Gasteiger partial charge in [0.05, 0.1) is 5.69 Å². The van der Waals surface area contributed by atoms with Gasteiger partial charge in [-0.25, -0.2) is 0 Å². The fourth-order valence-electron chi connectivity index (χ4n) is 1.08. The van der Waals surface area contributed by atoms with Crippen molar-refractivity contribution in [2.75, 3.05) is 5.73 Å². The molecule has 0 radical (unpaired) electrons. The third-order valence-electron chi connectivity index (χ3n) is 1.93. The number of rotatable bonds is 3. The molecular weight excluding hydrogens is 287 g/mol. The molecule has 108 valence electrons. The molecule has 0 amide bonds. The van der Waals surface area contributed by atoms with Crippen LogP contribution in [0.15, 0.2) is 12.1 Å². The number of hydrogen-bond donors (Lipinski definition) is 2. The summed E-state index contributed by atoms with van der Waals surface area (Å²) in [5.74, 6) is -2.65. The molecule has 0 spiro atoms. The van der Waals surface area contributed by atoms with Crippen LogP contribution in [-0.2, 0) is 6.18 Å². The fraction of sp³-hybridized carbons (Fsp3) is 0.333. The lowest BCUT2D eigenvalue weighted by Gasteiger charge is -2.20. The van der Waals surface area contributed by atoms with Crippen LogP contribution < -0.4 is 10.5 Å². The Kier molecular flexibility index (Phi) is 3.73. The summed E-state index contributed by atoms with van der Waals surface area (Å²) in [5, 5.41) is 8.98. The summed E-state index contributed by atoms with van der Waals surface area (Å²) in [6, 6.07) is 0.195. The molecule has 0 aliphatic heterocycles. The van der Waals surface area contributed by atoms with Gasteiger partial charge in [0.15, 0.2) is 0 Å². The highest BCUT2D eigenvalue weighted by Gasteiger charge is 2.46. The molecule has 19 heavy (non-hydrogen) atoms. The molecule has 0 atom stereocenters. The van der Waals surface area contributed by atoms with E-state index < -0.39 is 41.5 Å². The van der Waals surface area contributed by atoms with Gasteiger partial charge >= 0.3 is 18.7 Å². The van der Waals surface area contributed by atoms with E-state index in [0.29, 0.717) is 0 Å². The Hall–Kier alpha value is -1.87.